The number of carbonyl (C=O) groups excluding carboxylic acids is 1. The molecule has 0 radical (unpaired) electrons. The molecule has 110 valence electrons. The largest absolute Gasteiger partial charge is 0.417 e. The minimum absolute atomic E-state index is 0.0792. The van der Waals surface area contributed by atoms with Gasteiger partial charge in [-0.15, -0.1) is 0 Å². The molecule has 0 fully saturated rings. The molecule has 0 bridgehead atoms. The van der Waals surface area contributed by atoms with Gasteiger partial charge >= 0.3 is 5.97 Å². The van der Waals surface area contributed by atoms with E-state index in [9.17, 15) is 14.9 Å². The molecule has 0 atom stereocenters. The molecule has 0 saturated carbocycles. The first kappa shape index (κ1) is 15.2. The van der Waals surface area contributed by atoms with Gasteiger partial charge in [-0.2, -0.15) is 0 Å². The SMILES string of the molecule is NCc1cccc(C#CC(=O)Oc2ccc([N+](=O)[O-])cc2)c1. The molecular weight excluding hydrogens is 284 g/mol. The fourth-order valence-corrected chi connectivity index (χ4v) is 1.67. The van der Waals surface area contributed by atoms with Gasteiger partial charge in [-0.05, 0) is 29.8 Å². The average molecular weight is 296 g/mol. The molecule has 0 unspecified atom stereocenters. The quantitative estimate of drug-likeness (QED) is 0.307. The number of non-ortho nitro benzene ring substituents is 1. The van der Waals surface area contributed by atoms with Gasteiger partial charge in [-0.3, -0.25) is 10.1 Å². The van der Waals surface area contributed by atoms with E-state index < -0.39 is 10.9 Å². The van der Waals surface area contributed by atoms with Crippen LogP contribution in [0.2, 0.25) is 0 Å². The summed E-state index contributed by atoms with van der Waals surface area (Å²) in [6, 6.07) is 12.4. The van der Waals surface area contributed by atoms with Crippen molar-refractivity contribution in [3.8, 4) is 17.6 Å². The van der Waals surface area contributed by atoms with Crippen molar-refractivity contribution in [3.05, 3.63) is 69.8 Å². The highest BCUT2D eigenvalue weighted by molar-refractivity contribution is 5.90. The number of esters is 1. The summed E-state index contributed by atoms with van der Waals surface area (Å²) in [6.07, 6.45) is 0. The van der Waals surface area contributed by atoms with Crippen molar-refractivity contribution in [1.82, 2.24) is 0 Å². The maximum Gasteiger partial charge on any atom is 0.390 e. The number of nitrogens with two attached hydrogens (primary N) is 1. The summed E-state index contributed by atoms with van der Waals surface area (Å²) in [6.45, 7) is 0.392. The topological polar surface area (TPSA) is 95.5 Å². The third-order valence-corrected chi connectivity index (χ3v) is 2.73. The van der Waals surface area contributed by atoms with Crippen LogP contribution in [0.3, 0.4) is 0 Å². The Labute approximate surface area is 126 Å². The van der Waals surface area contributed by atoms with Crippen molar-refractivity contribution < 1.29 is 14.5 Å². The zero-order chi connectivity index (χ0) is 15.9. The van der Waals surface area contributed by atoms with Gasteiger partial charge in [0.1, 0.15) is 5.75 Å². The van der Waals surface area contributed by atoms with Crippen LogP contribution >= 0.6 is 0 Å². The second-order valence-electron chi connectivity index (χ2n) is 4.30. The molecule has 0 aliphatic carbocycles. The van der Waals surface area contributed by atoms with Gasteiger partial charge in [-0.1, -0.05) is 18.1 Å². The van der Waals surface area contributed by atoms with Crippen LogP contribution in [0.25, 0.3) is 0 Å². The number of nitro groups is 1. The molecule has 2 N–H and O–H groups in total. The van der Waals surface area contributed by atoms with Crippen LogP contribution in [-0.4, -0.2) is 10.9 Å². The summed E-state index contributed by atoms with van der Waals surface area (Å²) < 4.78 is 4.97. The summed E-state index contributed by atoms with van der Waals surface area (Å²) >= 11 is 0. The predicted molar refractivity (Wildman–Crippen MR) is 79.9 cm³/mol. The monoisotopic (exact) mass is 296 g/mol. The molecule has 0 heterocycles. The van der Waals surface area contributed by atoms with Gasteiger partial charge in [0, 0.05) is 30.2 Å². The lowest BCUT2D eigenvalue weighted by Gasteiger charge is -1.99. The molecule has 0 aliphatic rings. The van der Waals surface area contributed by atoms with Gasteiger partial charge in [-0.25, -0.2) is 4.79 Å². The molecule has 2 rings (SSSR count). The molecule has 6 heteroatoms. The van der Waals surface area contributed by atoms with Crippen molar-refractivity contribution in [3.63, 3.8) is 0 Å². The summed E-state index contributed by atoms with van der Waals surface area (Å²) in [5, 5.41) is 10.5. The normalized spacial score (nSPS) is 9.50. The Morgan fingerprint density at radius 1 is 1.23 bits per heavy atom. The van der Waals surface area contributed by atoms with E-state index in [4.69, 9.17) is 10.5 Å². The molecule has 2 aromatic carbocycles. The molecule has 6 nitrogen and oxygen atoms in total. The van der Waals surface area contributed by atoms with E-state index in [-0.39, 0.29) is 11.4 Å². The third kappa shape index (κ3) is 4.16. The number of ether oxygens (including phenoxy) is 1. The van der Waals surface area contributed by atoms with Gasteiger partial charge < -0.3 is 10.5 Å². The van der Waals surface area contributed by atoms with Gasteiger partial charge in [0.25, 0.3) is 5.69 Å². The predicted octanol–water partition coefficient (Wildman–Crippen LogP) is 2.01. The molecule has 0 spiro atoms. The second-order valence-corrected chi connectivity index (χ2v) is 4.30. The van der Waals surface area contributed by atoms with Crippen molar-refractivity contribution in [2.24, 2.45) is 5.73 Å². The van der Waals surface area contributed by atoms with Crippen molar-refractivity contribution >= 4 is 11.7 Å². The molecule has 0 amide bonds. The van der Waals surface area contributed by atoms with E-state index in [1.807, 2.05) is 6.07 Å². The van der Waals surface area contributed by atoms with Gasteiger partial charge in [0.05, 0.1) is 4.92 Å². The maximum atomic E-state index is 11.6. The molecule has 0 saturated heterocycles. The Balaban J connectivity index is 2.04. The zero-order valence-electron chi connectivity index (χ0n) is 11.5. The number of rotatable bonds is 3. The Kier molecular flexibility index (Phi) is 4.85. The van der Waals surface area contributed by atoms with Crippen LogP contribution in [-0.2, 0) is 11.3 Å². The number of nitro benzene ring substituents is 1. The number of carbonyl (C=O) groups is 1. The van der Waals surface area contributed by atoms with Gasteiger partial charge in [0.15, 0.2) is 0 Å². The highest BCUT2D eigenvalue weighted by Gasteiger charge is 2.06. The number of hydrogen-bond donors (Lipinski definition) is 1. The lowest BCUT2D eigenvalue weighted by Crippen LogP contribution is -2.04. The number of benzene rings is 2. The maximum absolute atomic E-state index is 11.6. The lowest BCUT2D eigenvalue weighted by atomic mass is 10.1. The van der Waals surface area contributed by atoms with E-state index in [1.54, 1.807) is 18.2 Å². The van der Waals surface area contributed by atoms with E-state index in [0.717, 1.165) is 5.56 Å². The van der Waals surface area contributed by atoms with E-state index in [1.165, 1.54) is 24.3 Å². The molecule has 22 heavy (non-hydrogen) atoms. The van der Waals surface area contributed by atoms with Crippen molar-refractivity contribution in [2.75, 3.05) is 0 Å². The third-order valence-electron chi connectivity index (χ3n) is 2.73. The first-order valence-electron chi connectivity index (χ1n) is 6.36. The Morgan fingerprint density at radius 3 is 2.59 bits per heavy atom. The first-order valence-corrected chi connectivity index (χ1v) is 6.36. The Morgan fingerprint density at radius 2 is 1.95 bits per heavy atom. The molecular formula is C16H12N2O4. The number of nitrogens with zero attached hydrogens (tertiary/aromatic N) is 1. The zero-order valence-corrected chi connectivity index (χ0v) is 11.5. The van der Waals surface area contributed by atoms with Crippen LogP contribution < -0.4 is 10.5 Å². The fourth-order valence-electron chi connectivity index (χ4n) is 1.67. The highest BCUT2D eigenvalue weighted by atomic mass is 16.6. The summed E-state index contributed by atoms with van der Waals surface area (Å²) in [4.78, 5) is 21.6. The van der Waals surface area contributed by atoms with E-state index >= 15 is 0 Å². The van der Waals surface area contributed by atoms with E-state index in [2.05, 4.69) is 11.8 Å². The van der Waals surface area contributed by atoms with E-state index in [0.29, 0.717) is 12.1 Å². The standard InChI is InChI=1S/C16H12N2O4/c17-11-13-3-1-2-12(10-13)4-9-16(19)22-15-7-5-14(6-8-15)18(20)21/h1-3,5-8,10H,11,17H2. The highest BCUT2D eigenvalue weighted by Crippen LogP contribution is 2.17. The summed E-state index contributed by atoms with van der Waals surface area (Å²) in [5.74, 6) is 4.48. The Bertz CT molecular complexity index is 758. The molecule has 2 aromatic rings. The molecule has 0 aromatic heterocycles. The van der Waals surface area contributed by atoms with Crippen LogP contribution in [0, 0.1) is 22.0 Å². The minimum atomic E-state index is -0.744. The minimum Gasteiger partial charge on any atom is -0.417 e. The van der Waals surface area contributed by atoms with Crippen LogP contribution in [0.4, 0.5) is 5.69 Å². The van der Waals surface area contributed by atoms with Gasteiger partial charge in [0.2, 0.25) is 0 Å². The summed E-state index contributed by atoms with van der Waals surface area (Å²) in [7, 11) is 0. The second kappa shape index (κ2) is 7.02. The average Bonchev–Trinajstić information content (AvgIpc) is 2.53. The lowest BCUT2D eigenvalue weighted by molar-refractivity contribution is -0.384. The smallest absolute Gasteiger partial charge is 0.390 e. The van der Waals surface area contributed by atoms with Crippen molar-refractivity contribution in [1.29, 1.82) is 0 Å². The first-order chi connectivity index (χ1) is 10.6. The number of hydrogen-bond acceptors (Lipinski definition) is 5. The summed E-state index contributed by atoms with van der Waals surface area (Å²) in [5.41, 5.74) is 7.01. The van der Waals surface area contributed by atoms with Crippen LogP contribution in [0.15, 0.2) is 48.5 Å². The van der Waals surface area contributed by atoms with Crippen LogP contribution in [0.5, 0.6) is 5.75 Å². The van der Waals surface area contributed by atoms with Crippen LogP contribution in [0.1, 0.15) is 11.1 Å². The molecule has 0 aliphatic heterocycles. The van der Waals surface area contributed by atoms with Crippen molar-refractivity contribution in [2.45, 2.75) is 6.54 Å². The fraction of sp³-hybridized carbons (Fsp3) is 0.0625. The Hall–Kier alpha value is -3.17.